The van der Waals surface area contributed by atoms with Gasteiger partial charge < -0.3 is 10.6 Å². The molecule has 0 aliphatic carbocycles. The number of halogens is 11. The number of amides is 2. The Labute approximate surface area is 233 Å². The van der Waals surface area contributed by atoms with Crippen molar-refractivity contribution in [1.29, 1.82) is 0 Å². The van der Waals surface area contributed by atoms with Gasteiger partial charge in [-0.25, -0.2) is 0 Å². The Morgan fingerprint density at radius 2 is 1.51 bits per heavy atom. The maximum absolute atomic E-state index is 13.7. The van der Waals surface area contributed by atoms with Gasteiger partial charge in [0.05, 0.1) is 23.5 Å². The summed E-state index contributed by atoms with van der Waals surface area (Å²) in [6, 6.07) is 4.63. The molecule has 2 aromatic carbocycles. The number of carbonyl (C=O) groups is 2. The van der Waals surface area contributed by atoms with Gasteiger partial charge in [0, 0.05) is 15.5 Å². The first-order valence-corrected chi connectivity index (χ1v) is 12.4. The van der Waals surface area contributed by atoms with Crippen LogP contribution in [0.4, 0.5) is 39.5 Å². The summed E-state index contributed by atoms with van der Waals surface area (Å²) in [5, 5.41) is 3.88. The first kappa shape index (κ1) is 32.7. The summed E-state index contributed by atoms with van der Waals surface area (Å²) in [4.78, 5) is 24.4. The fraction of sp³-hybridized carbons (Fsp3) is 0.333. The fourth-order valence-corrected chi connectivity index (χ4v) is 4.62. The van der Waals surface area contributed by atoms with Crippen molar-refractivity contribution >= 4 is 49.8 Å². The number of rotatable bonds is 8. The molecule has 214 valence electrons. The molecule has 0 bridgehead atoms. The van der Waals surface area contributed by atoms with Crippen molar-refractivity contribution in [2.45, 2.75) is 43.8 Å². The Bertz CT molecular complexity index is 1210. The van der Waals surface area contributed by atoms with Crippen molar-refractivity contribution in [1.82, 2.24) is 10.6 Å². The summed E-state index contributed by atoms with van der Waals surface area (Å²) in [7, 11) is 0. The normalized spacial score (nSPS) is 14.3. The van der Waals surface area contributed by atoms with Gasteiger partial charge in [0.15, 0.2) is 0 Å². The molecule has 0 radical (unpaired) electrons. The molecule has 0 aromatic heterocycles. The largest absolute Gasteiger partial charge is 0.417 e. The summed E-state index contributed by atoms with van der Waals surface area (Å²) in [6.45, 7) is 0.260. The van der Waals surface area contributed by atoms with E-state index in [1.165, 1.54) is 18.2 Å². The highest BCUT2D eigenvalue weighted by atomic mass is 79.9. The van der Waals surface area contributed by atoms with E-state index in [0.717, 1.165) is 25.1 Å². The molecule has 0 saturated carbocycles. The van der Waals surface area contributed by atoms with Crippen molar-refractivity contribution in [3.05, 3.63) is 73.7 Å². The molecule has 2 atom stereocenters. The van der Waals surface area contributed by atoms with E-state index in [-0.39, 0.29) is 11.1 Å². The maximum atomic E-state index is 13.7. The van der Waals surface area contributed by atoms with E-state index in [1.807, 2.05) is 10.6 Å². The zero-order valence-corrected chi connectivity index (χ0v) is 22.8. The number of hydrogen-bond acceptors (Lipinski definition) is 2. The van der Waals surface area contributed by atoms with E-state index < -0.39 is 66.4 Å². The molecular formula is C24H19Br2F9N2O2. The van der Waals surface area contributed by atoms with E-state index in [1.54, 1.807) is 0 Å². The van der Waals surface area contributed by atoms with E-state index >= 15 is 0 Å². The average Bonchev–Trinajstić information content (AvgIpc) is 2.76. The van der Waals surface area contributed by atoms with Crippen molar-refractivity contribution in [2.75, 3.05) is 6.54 Å². The second-order valence-corrected chi connectivity index (χ2v) is 10.1. The molecule has 2 N–H and O–H groups in total. The number of carbonyl (C=O) groups excluding carboxylic acids is 2. The highest BCUT2D eigenvalue weighted by Gasteiger charge is 2.39. The van der Waals surface area contributed by atoms with Crippen LogP contribution in [-0.4, -0.2) is 36.8 Å². The Balaban J connectivity index is 2.30. The van der Waals surface area contributed by atoms with E-state index in [9.17, 15) is 49.1 Å². The number of hydrogen-bond donors (Lipinski definition) is 2. The topological polar surface area (TPSA) is 58.2 Å². The Hall–Kier alpha value is -2.55. The van der Waals surface area contributed by atoms with Crippen LogP contribution in [0.2, 0.25) is 0 Å². The minimum Gasteiger partial charge on any atom is -0.354 e. The van der Waals surface area contributed by atoms with Crippen LogP contribution in [0.5, 0.6) is 0 Å². The zero-order chi connectivity index (χ0) is 29.8. The van der Waals surface area contributed by atoms with Gasteiger partial charge in [0.1, 0.15) is 6.04 Å². The predicted molar refractivity (Wildman–Crippen MR) is 132 cm³/mol. The maximum Gasteiger partial charge on any atom is 0.417 e. The SMILES string of the molecule is CC(NC(=O)c1ccc(C=CC(c2cc(Br)cc(Br)c2)C(F)(F)F)cc1C(F)(F)F)C(=O)NCCC(F)(F)F. The van der Waals surface area contributed by atoms with Crippen LogP contribution < -0.4 is 10.6 Å². The quantitative estimate of drug-likeness (QED) is 0.277. The third-order valence-electron chi connectivity index (χ3n) is 5.12. The lowest BCUT2D eigenvalue weighted by molar-refractivity contribution is -0.140. The van der Waals surface area contributed by atoms with Gasteiger partial charge in [0.2, 0.25) is 5.91 Å². The molecule has 0 fully saturated rings. The third kappa shape index (κ3) is 10.2. The van der Waals surface area contributed by atoms with Crippen molar-refractivity contribution in [2.24, 2.45) is 0 Å². The Kier molecular flexibility index (Phi) is 10.7. The van der Waals surface area contributed by atoms with Gasteiger partial charge in [-0.2, -0.15) is 39.5 Å². The Morgan fingerprint density at radius 1 is 0.923 bits per heavy atom. The van der Waals surface area contributed by atoms with E-state index in [4.69, 9.17) is 0 Å². The molecule has 2 unspecified atom stereocenters. The summed E-state index contributed by atoms with van der Waals surface area (Å²) in [5.41, 5.74) is -2.90. The van der Waals surface area contributed by atoms with Gasteiger partial charge in [-0.05, 0) is 48.4 Å². The van der Waals surface area contributed by atoms with E-state index in [0.29, 0.717) is 21.1 Å². The molecule has 4 nitrogen and oxygen atoms in total. The van der Waals surface area contributed by atoms with Crippen LogP contribution in [0.25, 0.3) is 6.08 Å². The summed E-state index contributed by atoms with van der Waals surface area (Å²) < 4.78 is 120. The lowest BCUT2D eigenvalue weighted by atomic mass is 9.96. The first-order chi connectivity index (χ1) is 17.8. The van der Waals surface area contributed by atoms with Gasteiger partial charge in [-0.15, -0.1) is 0 Å². The molecule has 2 rings (SSSR count). The lowest BCUT2D eigenvalue weighted by Gasteiger charge is -2.19. The lowest BCUT2D eigenvalue weighted by Crippen LogP contribution is -2.45. The van der Waals surface area contributed by atoms with Crippen LogP contribution in [-0.2, 0) is 11.0 Å². The summed E-state index contributed by atoms with van der Waals surface area (Å²) in [5.74, 6) is -4.58. The first-order valence-electron chi connectivity index (χ1n) is 10.9. The molecule has 15 heteroatoms. The van der Waals surface area contributed by atoms with Gasteiger partial charge in [-0.1, -0.05) is 50.1 Å². The van der Waals surface area contributed by atoms with Crippen LogP contribution in [0.1, 0.15) is 46.3 Å². The third-order valence-corrected chi connectivity index (χ3v) is 6.04. The second-order valence-electron chi connectivity index (χ2n) is 8.24. The number of allylic oxidation sites excluding steroid dienone is 1. The minimum absolute atomic E-state index is 0.186. The molecule has 0 spiro atoms. The number of benzene rings is 2. The summed E-state index contributed by atoms with van der Waals surface area (Å²) >= 11 is 6.18. The number of nitrogens with one attached hydrogen (secondary N) is 2. The van der Waals surface area contributed by atoms with Crippen LogP contribution in [0.15, 0.2) is 51.4 Å². The molecular weight excluding hydrogens is 679 g/mol. The molecule has 2 aromatic rings. The molecule has 2 amide bonds. The zero-order valence-electron chi connectivity index (χ0n) is 19.7. The molecule has 39 heavy (non-hydrogen) atoms. The molecule has 0 heterocycles. The van der Waals surface area contributed by atoms with Gasteiger partial charge >= 0.3 is 18.5 Å². The minimum atomic E-state index is -5.10. The van der Waals surface area contributed by atoms with Crippen LogP contribution >= 0.6 is 31.9 Å². The highest BCUT2D eigenvalue weighted by Crippen LogP contribution is 2.39. The average molecular weight is 698 g/mol. The Morgan fingerprint density at radius 3 is 2.03 bits per heavy atom. The van der Waals surface area contributed by atoms with Crippen LogP contribution in [0.3, 0.4) is 0 Å². The monoisotopic (exact) mass is 696 g/mol. The van der Waals surface area contributed by atoms with Crippen molar-refractivity contribution in [3.8, 4) is 0 Å². The molecule has 0 saturated heterocycles. The van der Waals surface area contributed by atoms with Crippen molar-refractivity contribution < 1.29 is 49.1 Å². The molecule has 0 aliphatic rings. The van der Waals surface area contributed by atoms with Gasteiger partial charge in [0.25, 0.3) is 5.91 Å². The predicted octanol–water partition coefficient (Wildman–Crippen LogP) is 7.78. The van der Waals surface area contributed by atoms with Crippen molar-refractivity contribution in [3.63, 3.8) is 0 Å². The molecule has 0 aliphatic heterocycles. The standard InChI is InChI=1S/C24H19Br2F9N2O2/c1-12(20(38)36-7-6-22(27,28)29)37-21(39)17-4-2-13(8-19(17)24(33,34)35)3-5-18(23(30,31)32)14-9-15(25)11-16(26)10-14/h2-5,8-12,18H,6-7H2,1H3,(H,36,38)(H,37,39). The summed E-state index contributed by atoms with van der Waals surface area (Å²) in [6.07, 6.45) is -14.3. The smallest absolute Gasteiger partial charge is 0.354 e. The van der Waals surface area contributed by atoms with Crippen LogP contribution in [0, 0.1) is 0 Å². The fourth-order valence-electron chi connectivity index (χ4n) is 3.29. The number of alkyl halides is 9. The second kappa shape index (κ2) is 12.7. The highest BCUT2D eigenvalue weighted by molar-refractivity contribution is 9.11. The van der Waals surface area contributed by atoms with E-state index in [2.05, 4.69) is 31.9 Å². The van der Waals surface area contributed by atoms with Gasteiger partial charge in [-0.3, -0.25) is 9.59 Å².